The van der Waals surface area contributed by atoms with Crippen LogP contribution in [0.25, 0.3) is 0 Å². The van der Waals surface area contributed by atoms with Crippen molar-refractivity contribution in [3.63, 3.8) is 0 Å². The van der Waals surface area contributed by atoms with Gasteiger partial charge < -0.3 is 4.90 Å². The molecule has 0 spiro atoms. The van der Waals surface area contributed by atoms with E-state index in [2.05, 4.69) is 57.4 Å². The van der Waals surface area contributed by atoms with Gasteiger partial charge in [0.2, 0.25) is 0 Å². The van der Waals surface area contributed by atoms with E-state index in [1.54, 1.807) is 29.5 Å². The number of sulfone groups is 1. The molecular weight excluding hydrogens is 468 g/mol. The van der Waals surface area contributed by atoms with Gasteiger partial charge in [-0.15, -0.1) is 11.3 Å². The molecular formula is C22H23BrN2O2S2. The molecule has 0 saturated carbocycles. The Hall–Kier alpha value is -1.70. The molecule has 0 bridgehead atoms. The number of aryl methyl sites for hydroxylation is 1. The van der Waals surface area contributed by atoms with Crippen LogP contribution in [0.15, 0.2) is 63.3 Å². The number of halogens is 1. The van der Waals surface area contributed by atoms with Crippen LogP contribution >= 0.6 is 27.3 Å². The number of hydrogen-bond donors (Lipinski definition) is 0. The first-order valence-electron chi connectivity index (χ1n) is 9.67. The third-order valence-electron chi connectivity index (χ3n) is 5.47. The number of piperidine rings is 1. The molecule has 0 aliphatic carbocycles. The van der Waals surface area contributed by atoms with Crippen LogP contribution in [0.3, 0.4) is 0 Å². The van der Waals surface area contributed by atoms with Crippen LogP contribution in [0.5, 0.6) is 0 Å². The SMILES string of the molecule is Cc1ccccc1Cc1csc(N2CCC(S(=O)(=O)c3ccccc3Br)CC2)n1. The predicted molar refractivity (Wildman–Crippen MR) is 123 cm³/mol. The normalized spacial score (nSPS) is 15.6. The first-order chi connectivity index (χ1) is 13.9. The van der Waals surface area contributed by atoms with Crippen molar-refractivity contribution in [1.82, 2.24) is 4.98 Å². The monoisotopic (exact) mass is 490 g/mol. The molecule has 7 heteroatoms. The number of nitrogens with zero attached hydrogens (tertiary/aromatic N) is 2. The molecule has 1 aliphatic heterocycles. The highest BCUT2D eigenvalue weighted by Gasteiger charge is 2.33. The van der Waals surface area contributed by atoms with E-state index >= 15 is 0 Å². The lowest BCUT2D eigenvalue weighted by Gasteiger charge is -2.31. The van der Waals surface area contributed by atoms with Crippen molar-refractivity contribution in [1.29, 1.82) is 0 Å². The van der Waals surface area contributed by atoms with E-state index in [1.165, 1.54) is 11.1 Å². The third-order valence-corrected chi connectivity index (χ3v) is 9.69. The van der Waals surface area contributed by atoms with E-state index in [0.29, 0.717) is 35.3 Å². The summed E-state index contributed by atoms with van der Waals surface area (Å²) in [6.07, 6.45) is 2.07. The molecule has 0 radical (unpaired) electrons. The molecule has 2 aromatic carbocycles. The quantitative estimate of drug-likeness (QED) is 0.490. The summed E-state index contributed by atoms with van der Waals surface area (Å²) >= 11 is 5.03. The second-order valence-electron chi connectivity index (χ2n) is 7.39. The second kappa shape index (κ2) is 8.58. The zero-order chi connectivity index (χ0) is 20.4. The summed E-state index contributed by atoms with van der Waals surface area (Å²) in [6, 6.07) is 15.5. The molecule has 29 heavy (non-hydrogen) atoms. The highest BCUT2D eigenvalue weighted by atomic mass is 79.9. The molecule has 152 valence electrons. The molecule has 1 aliphatic rings. The smallest absolute Gasteiger partial charge is 0.185 e. The molecule has 0 unspecified atom stereocenters. The fourth-order valence-corrected chi connectivity index (χ4v) is 7.38. The van der Waals surface area contributed by atoms with E-state index in [4.69, 9.17) is 4.98 Å². The van der Waals surface area contributed by atoms with Crippen molar-refractivity contribution in [2.24, 2.45) is 0 Å². The fraction of sp³-hybridized carbons (Fsp3) is 0.318. The van der Waals surface area contributed by atoms with E-state index in [-0.39, 0.29) is 5.25 Å². The molecule has 1 saturated heterocycles. The van der Waals surface area contributed by atoms with E-state index in [0.717, 1.165) is 17.2 Å². The number of hydrogen-bond acceptors (Lipinski definition) is 5. The molecule has 1 aromatic heterocycles. The predicted octanol–water partition coefficient (Wildman–Crippen LogP) is 5.25. The summed E-state index contributed by atoms with van der Waals surface area (Å²) in [5.41, 5.74) is 3.64. The number of aromatic nitrogens is 1. The Morgan fingerprint density at radius 3 is 2.52 bits per heavy atom. The molecule has 2 heterocycles. The Morgan fingerprint density at radius 2 is 1.79 bits per heavy atom. The number of thiazole rings is 1. The van der Waals surface area contributed by atoms with Crippen molar-refractivity contribution in [2.45, 2.75) is 36.3 Å². The van der Waals surface area contributed by atoms with Crippen molar-refractivity contribution >= 4 is 42.2 Å². The Morgan fingerprint density at radius 1 is 1.10 bits per heavy atom. The fourth-order valence-electron chi connectivity index (χ4n) is 3.74. The topological polar surface area (TPSA) is 50.3 Å². The van der Waals surface area contributed by atoms with Crippen LogP contribution in [-0.2, 0) is 16.3 Å². The van der Waals surface area contributed by atoms with E-state index < -0.39 is 9.84 Å². The van der Waals surface area contributed by atoms with Crippen molar-refractivity contribution < 1.29 is 8.42 Å². The van der Waals surface area contributed by atoms with Gasteiger partial charge in [-0.05, 0) is 59.0 Å². The first-order valence-corrected chi connectivity index (χ1v) is 12.9. The molecule has 0 amide bonds. The largest absolute Gasteiger partial charge is 0.348 e. The summed E-state index contributed by atoms with van der Waals surface area (Å²) in [5.74, 6) is 0. The number of benzene rings is 2. The van der Waals surface area contributed by atoms with Crippen LogP contribution in [0, 0.1) is 6.92 Å². The molecule has 4 nitrogen and oxygen atoms in total. The molecule has 0 N–H and O–H groups in total. The standard InChI is InChI=1S/C22H23BrN2O2S2/c1-16-6-2-3-7-17(16)14-18-15-28-22(24-18)25-12-10-19(11-13-25)29(26,27)21-9-5-4-8-20(21)23/h2-9,15,19H,10-14H2,1H3. The van der Waals surface area contributed by atoms with Gasteiger partial charge in [-0.1, -0.05) is 36.4 Å². The minimum atomic E-state index is -3.33. The summed E-state index contributed by atoms with van der Waals surface area (Å²) in [5, 5.41) is 2.76. The Labute approximate surface area is 184 Å². The Kier molecular flexibility index (Phi) is 6.08. The maximum Gasteiger partial charge on any atom is 0.185 e. The van der Waals surface area contributed by atoms with E-state index in [1.807, 2.05) is 6.07 Å². The average Bonchev–Trinajstić information content (AvgIpc) is 3.19. The Bertz CT molecular complexity index is 1100. The van der Waals surface area contributed by atoms with Gasteiger partial charge >= 0.3 is 0 Å². The molecule has 3 aromatic rings. The number of rotatable bonds is 5. The van der Waals surface area contributed by atoms with Gasteiger partial charge in [-0.2, -0.15) is 0 Å². The minimum Gasteiger partial charge on any atom is -0.348 e. The molecule has 0 atom stereocenters. The first kappa shape index (κ1) is 20.6. The highest BCUT2D eigenvalue weighted by molar-refractivity contribution is 9.10. The maximum atomic E-state index is 13.0. The van der Waals surface area contributed by atoms with Gasteiger partial charge in [0.05, 0.1) is 15.8 Å². The lowest BCUT2D eigenvalue weighted by molar-refractivity contribution is 0.529. The van der Waals surface area contributed by atoms with Crippen molar-refractivity contribution in [3.05, 3.63) is 75.2 Å². The van der Waals surface area contributed by atoms with Gasteiger partial charge in [0, 0.05) is 29.4 Å². The van der Waals surface area contributed by atoms with Crippen LogP contribution in [-0.4, -0.2) is 31.7 Å². The van der Waals surface area contributed by atoms with Gasteiger partial charge in [-0.3, -0.25) is 0 Å². The molecule has 1 fully saturated rings. The van der Waals surface area contributed by atoms with Gasteiger partial charge in [0.15, 0.2) is 15.0 Å². The van der Waals surface area contributed by atoms with E-state index in [9.17, 15) is 8.42 Å². The highest BCUT2D eigenvalue weighted by Crippen LogP contribution is 2.32. The summed E-state index contributed by atoms with van der Waals surface area (Å²) in [7, 11) is -3.33. The summed E-state index contributed by atoms with van der Waals surface area (Å²) in [4.78, 5) is 7.43. The lowest BCUT2D eigenvalue weighted by atomic mass is 10.1. The second-order valence-corrected chi connectivity index (χ2v) is 11.3. The summed E-state index contributed by atoms with van der Waals surface area (Å²) < 4.78 is 26.7. The van der Waals surface area contributed by atoms with Crippen molar-refractivity contribution in [2.75, 3.05) is 18.0 Å². The van der Waals surface area contributed by atoms with Crippen LogP contribution < -0.4 is 4.90 Å². The van der Waals surface area contributed by atoms with Gasteiger partial charge in [0.1, 0.15) is 0 Å². The molecule has 4 rings (SSSR count). The van der Waals surface area contributed by atoms with Crippen LogP contribution in [0.4, 0.5) is 5.13 Å². The van der Waals surface area contributed by atoms with Crippen molar-refractivity contribution in [3.8, 4) is 0 Å². The average molecular weight is 491 g/mol. The third kappa shape index (κ3) is 4.42. The minimum absolute atomic E-state index is 0.344. The number of anilines is 1. The zero-order valence-electron chi connectivity index (χ0n) is 16.2. The Balaban J connectivity index is 1.42. The summed E-state index contributed by atoms with van der Waals surface area (Å²) in [6.45, 7) is 3.55. The van der Waals surface area contributed by atoms with Crippen LogP contribution in [0.1, 0.15) is 29.7 Å². The zero-order valence-corrected chi connectivity index (χ0v) is 19.4. The van der Waals surface area contributed by atoms with Crippen LogP contribution in [0.2, 0.25) is 0 Å². The lowest BCUT2D eigenvalue weighted by Crippen LogP contribution is -2.39. The van der Waals surface area contributed by atoms with Gasteiger partial charge in [0.25, 0.3) is 0 Å². The van der Waals surface area contributed by atoms with Gasteiger partial charge in [-0.25, -0.2) is 13.4 Å². The maximum absolute atomic E-state index is 13.0.